The molecule has 0 aliphatic rings. The van der Waals surface area contributed by atoms with E-state index in [0.29, 0.717) is 11.3 Å². The summed E-state index contributed by atoms with van der Waals surface area (Å²) >= 11 is 0. The molecular formula is C10H11FN4O. The van der Waals surface area contributed by atoms with E-state index < -0.39 is 5.82 Å². The lowest BCUT2D eigenvalue weighted by Gasteiger charge is -2.01. The van der Waals surface area contributed by atoms with Gasteiger partial charge in [-0.25, -0.2) is 15.2 Å². The summed E-state index contributed by atoms with van der Waals surface area (Å²) in [4.78, 5) is 3.81. The highest BCUT2D eigenvalue weighted by Gasteiger charge is 2.09. The molecule has 0 aliphatic carbocycles. The van der Waals surface area contributed by atoms with E-state index in [1.54, 1.807) is 6.07 Å². The number of pyridine rings is 1. The Balaban J connectivity index is 2.37. The molecule has 0 radical (unpaired) electrons. The molecule has 0 fully saturated rings. The van der Waals surface area contributed by atoms with Gasteiger partial charge in [0.15, 0.2) is 17.4 Å². The van der Waals surface area contributed by atoms with Crippen LogP contribution in [0.3, 0.4) is 0 Å². The number of nitrogens with one attached hydrogen (secondary N) is 1. The number of aromatic nitrogens is 2. The zero-order chi connectivity index (χ0) is 11.5. The molecule has 0 aromatic carbocycles. The maximum atomic E-state index is 13.4. The molecule has 3 N–H and O–H groups in total. The van der Waals surface area contributed by atoms with E-state index in [1.807, 2.05) is 6.92 Å². The number of hydrazine groups is 1. The van der Waals surface area contributed by atoms with Crippen molar-refractivity contribution < 1.29 is 8.91 Å². The van der Waals surface area contributed by atoms with Gasteiger partial charge in [-0.05, 0) is 12.5 Å². The summed E-state index contributed by atoms with van der Waals surface area (Å²) in [6.45, 7) is 1.96. The van der Waals surface area contributed by atoms with E-state index in [4.69, 9.17) is 10.4 Å². The predicted octanol–water partition coefficient (Wildman–Crippen LogP) is 1.72. The Morgan fingerprint density at radius 2 is 2.31 bits per heavy atom. The molecular weight excluding hydrogens is 211 g/mol. The Morgan fingerprint density at radius 1 is 1.50 bits per heavy atom. The molecule has 2 rings (SSSR count). The number of nitrogens with zero attached hydrogens (tertiary/aromatic N) is 2. The zero-order valence-electron chi connectivity index (χ0n) is 8.70. The molecule has 2 heterocycles. The fourth-order valence-corrected chi connectivity index (χ4v) is 1.29. The lowest BCUT2D eigenvalue weighted by atomic mass is 10.2. The fraction of sp³-hybridized carbons (Fsp3) is 0.200. The van der Waals surface area contributed by atoms with Crippen LogP contribution in [0.2, 0.25) is 0 Å². The molecule has 0 amide bonds. The Hall–Kier alpha value is -1.95. The third-order valence-corrected chi connectivity index (χ3v) is 2.18. The van der Waals surface area contributed by atoms with E-state index in [9.17, 15) is 4.39 Å². The molecule has 0 aliphatic heterocycles. The van der Waals surface area contributed by atoms with Gasteiger partial charge in [-0.2, -0.15) is 0 Å². The number of hydrogen-bond donors (Lipinski definition) is 2. The SMILES string of the molecule is CCc1cc(-c2cnc(NN)c(F)c2)on1. The smallest absolute Gasteiger partial charge is 0.176 e. The second-order valence-electron chi connectivity index (χ2n) is 3.23. The van der Waals surface area contributed by atoms with Crippen LogP contribution in [0.15, 0.2) is 22.9 Å². The van der Waals surface area contributed by atoms with Crippen LogP contribution in [0.1, 0.15) is 12.6 Å². The van der Waals surface area contributed by atoms with Gasteiger partial charge in [-0.1, -0.05) is 12.1 Å². The van der Waals surface area contributed by atoms with Crippen molar-refractivity contribution >= 4 is 5.82 Å². The van der Waals surface area contributed by atoms with E-state index in [2.05, 4.69) is 15.6 Å². The van der Waals surface area contributed by atoms with E-state index in [-0.39, 0.29) is 5.82 Å². The minimum absolute atomic E-state index is 0.000944. The van der Waals surface area contributed by atoms with Crippen molar-refractivity contribution in [3.05, 3.63) is 29.8 Å². The standard InChI is InChI=1S/C10H11FN4O/c1-2-7-4-9(16-15-7)6-3-8(11)10(14-12)13-5-6/h3-5H,2,12H2,1H3,(H,13,14). The Bertz CT molecular complexity index is 497. The lowest BCUT2D eigenvalue weighted by molar-refractivity contribution is 0.424. The molecule has 5 nitrogen and oxygen atoms in total. The zero-order valence-corrected chi connectivity index (χ0v) is 8.70. The predicted molar refractivity (Wildman–Crippen MR) is 56.9 cm³/mol. The average Bonchev–Trinajstić information content (AvgIpc) is 2.77. The fourth-order valence-electron chi connectivity index (χ4n) is 1.29. The van der Waals surface area contributed by atoms with Gasteiger partial charge in [0.2, 0.25) is 0 Å². The Labute approximate surface area is 91.4 Å². The minimum Gasteiger partial charge on any atom is -0.356 e. The summed E-state index contributed by atoms with van der Waals surface area (Å²) in [6.07, 6.45) is 2.24. The Morgan fingerprint density at radius 3 is 2.88 bits per heavy atom. The van der Waals surface area contributed by atoms with Crippen molar-refractivity contribution in [1.29, 1.82) is 0 Å². The van der Waals surface area contributed by atoms with E-state index in [1.165, 1.54) is 12.3 Å². The van der Waals surface area contributed by atoms with Crippen molar-refractivity contribution in [2.75, 3.05) is 5.43 Å². The maximum Gasteiger partial charge on any atom is 0.176 e. The second kappa shape index (κ2) is 4.28. The summed E-state index contributed by atoms with van der Waals surface area (Å²) in [5.41, 5.74) is 3.51. The van der Waals surface area contributed by atoms with Crippen molar-refractivity contribution in [3.8, 4) is 11.3 Å². The minimum atomic E-state index is -0.533. The first kappa shape index (κ1) is 10.6. The summed E-state index contributed by atoms with van der Waals surface area (Å²) in [7, 11) is 0. The van der Waals surface area contributed by atoms with Gasteiger partial charge in [-0.15, -0.1) is 0 Å². The lowest BCUT2D eigenvalue weighted by Crippen LogP contribution is -2.10. The van der Waals surface area contributed by atoms with Crippen LogP contribution in [0.25, 0.3) is 11.3 Å². The molecule has 6 heteroatoms. The van der Waals surface area contributed by atoms with Crippen molar-refractivity contribution in [2.24, 2.45) is 5.84 Å². The molecule has 0 saturated heterocycles. The van der Waals surface area contributed by atoms with E-state index >= 15 is 0 Å². The molecule has 2 aromatic heterocycles. The average molecular weight is 222 g/mol. The van der Waals surface area contributed by atoms with Gasteiger partial charge in [0.1, 0.15) is 0 Å². The van der Waals surface area contributed by atoms with Gasteiger partial charge < -0.3 is 9.95 Å². The van der Waals surface area contributed by atoms with Crippen LogP contribution in [-0.2, 0) is 6.42 Å². The van der Waals surface area contributed by atoms with Gasteiger partial charge >= 0.3 is 0 Å². The third-order valence-electron chi connectivity index (χ3n) is 2.18. The van der Waals surface area contributed by atoms with Crippen LogP contribution in [0.5, 0.6) is 0 Å². The highest BCUT2D eigenvalue weighted by Crippen LogP contribution is 2.22. The summed E-state index contributed by atoms with van der Waals surface area (Å²) in [5, 5.41) is 3.82. The largest absolute Gasteiger partial charge is 0.356 e. The second-order valence-corrected chi connectivity index (χ2v) is 3.23. The van der Waals surface area contributed by atoms with Crippen LogP contribution < -0.4 is 11.3 Å². The number of rotatable bonds is 3. The van der Waals surface area contributed by atoms with Crippen LogP contribution >= 0.6 is 0 Å². The molecule has 0 bridgehead atoms. The van der Waals surface area contributed by atoms with Crippen molar-refractivity contribution in [3.63, 3.8) is 0 Å². The van der Waals surface area contributed by atoms with Crippen molar-refractivity contribution in [2.45, 2.75) is 13.3 Å². The number of anilines is 1. The first-order chi connectivity index (χ1) is 7.74. The van der Waals surface area contributed by atoms with Gasteiger partial charge in [0.25, 0.3) is 0 Å². The van der Waals surface area contributed by atoms with Crippen LogP contribution in [0, 0.1) is 5.82 Å². The molecule has 0 atom stereocenters. The molecule has 16 heavy (non-hydrogen) atoms. The number of aryl methyl sites for hydroxylation is 1. The van der Waals surface area contributed by atoms with Gasteiger partial charge in [0, 0.05) is 17.8 Å². The molecule has 0 spiro atoms. The first-order valence-corrected chi connectivity index (χ1v) is 4.82. The molecule has 0 saturated carbocycles. The normalized spacial score (nSPS) is 10.4. The topological polar surface area (TPSA) is 77.0 Å². The summed E-state index contributed by atoms with van der Waals surface area (Å²) in [6, 6.07) is 3.05. The van der Waals surface area contributed by atoms with Crippen LogP contribution in [0.4, 0.5) is 10.2 Å². The number of nitrogen functional groups attached to an aromatic ring is 1. The van der Waals surface area contributed by atoms with Crippen LogP contribution in [-0.4, -0.2) is 10.1 Å². The first-order valence-electron chi connectivity index (χ1n) is 4.82. The summed E-state index contributed by atoms with van der Waals surface area (Å²) in [5.74, 6) is 5.04. The molecule has 0 unspecified atom stereocenters. The number of hydrogen-bond acceptors (Lipinski definition) is 5. The van der Waals surface area contributed by atoms with Gasteiger partial charge in [-0.3, -0.25) is 0 Å². The number of nitrogens with two attached hydrogens (primary N) is 1. The third kappa shape index (κ3) is 1.87. The highest BCUT2D eigenvalue weighted by atomic mass is 19.1. The summed E-state index contributed by atoms with van der Waals surface area (Å²) < 4.78 is 18.4. The molecule has 84 valence electrons. The van der Waals surface area contributed by atoms with Gasteiger partial charge in [0.05, 0.1) is 5.69 Å². The van der Waals surface area contributed by atoms with E-state index in [0.717, 1.165) is 12.1 Å². The maximum absolute atomic E-state index is 13.4. The van der Waals surface area contributed by atoms with Crippen molar-refractivity contribution in [1.82, 2.24) is 10.1 Å². The highest BCUT2D eigenvalue weighted by molar-refractivity contribution is 5.58. The number of halogens is 1. The monoisotopic (exact) mass is 222 g/mol. The molecule has 2 aromatic rings. The Kier molecular flexibility index (Phi) is 2.82. The quantitative estimate of drug-likeness (QED) is 0.610.